The fourth-order valence-corrected chi connectivity index (χ4v) is 8.81. The lowest BCUT2D eigenvalue weighted by atomic mass is 9.85. The number of Topliss-reactive ketones (excluding diaryl/α,β-unsaturated/α-hetero) is 2. The fraction of sp³-hybridized carbons (Fsp3) is 0.356. The van der Waals surface area contributed by atoms with E-state index in [1.165, 1.54) is 18.2 Å². The van der Waals surface area contributed by atoms with Gasteiger partial charge in [-0.05, 0) is 145 Å². The van der Waals surface area contributed by atoms with Gasteiger partial charge in [0.2, 0.25) is 11.8 Å². The van der Waals surface area contributed by atoms with E-state index in [0.29, 0.717) is 109 Å². The van der Waals surface area contributed by atoms with Gasteiger partial charge in [0.1, 0.15) is 0 Å². The number of alkyl halides is 12. The molecule has 4 aromatic rings. The highest BCUT2D eigenvalue weighted by Crippen LogP contribution is 2.40. The molecule has 4 aromatic carbocycles. The largest absolute Gasteiger partial charge is 0.416 e. The van der Waals surface area contributed by atoms with Gasteiger partial charge in [0.25, 0.3) is 0 Å². The Hall–Kier alpha value is -7.42. The molecule has 0 atom stereocenters. The Morgan fingerprint density at radius 1 is 0.450 bits per heavy atom. The number of hydrogen-bond acceptors (Lipinski definition) is 7. The van der Waals surface area contributed by atoms with Gasteiger partial charge in [-0.25, -0.2) is 5.48 Å². The molecule has 9 nitrogen and oxygen atoms in total. The highest BCUT2D eigenvalue weighted by molar-refractivity contribution is 6.14. The Kier molecular flexibility index (Phi) is 22.3. The molecule has 428 valence electrons. The molecule has 0 bridgehead atoms. The van der Waals surface area contributed by atoms with Crippen LogP contribution in [0.2, 0.25) is 0 Å². The van der Waals surface area contributed by atoms with Gasteiger partial charge in [0.15, 0.2) is 23.1 Å². The summed E-state index contributed by atoms with van der Waals surface area (Å²) in [5.41, 5.74) is -1.34. The molecular formula is C59H56F12N2O7. The third-order valence-electron chi connectivity index (χ3n) is 13.0. The van der Waals surface area contributed by atoms with Crippen LogP contribution in [0.3, 0.4) is 0 Å². The van der Waals surface area contributed by atoms with Gasteiger partial charge in [0, 0.05) is 55.0 Å². The first kappa shape index (κ1) is 63.4. The van der Waals surface area contributed by atoms with Crippen molar-refractivity contribution in [3.05, 3.63) is 163 Å². The predicted octanol–water partition coefficient (Wildman–Crippen LogP) is 15.0. The van der Waals surface area contributed by atoms with Gasteiger partial charge in [-0.2, -0.15) is 52.7 Å². The topological polar surface area (TPSA) is 147 Å². The molecule has 0 unspecified atom stereocenters. The first-order valence-corrected chi connectivity index (χ1v) is 25.5. The molecule has 0 heterocycles. The van der Waals surface area contributed by atoms with Crippen LogP contribution in [0.1, 0.15) is 166 Å². The highest BCUT2D eigenvalue weighted by Gasteiger charge is 2.38. The van der Waals surface area contributed by atoms with Crippen molar-refractivity contribution in [3.63, 3.8) is 0 Å². The zero-order valence-corrected chi connectivity index (χ0v) is 43.1. The Bertz CT molecular complexity index is 2790. The van der Waals surface area contributed by atoms with Crippen LogP contribution in [0.5, 0.6) is 0 Å². The summed E-state index contributed by atoms with van der Waals surface area (Å²) in [6.07, 6.45) is -3.29. The Labute approximate surface area is 452 Å². The summed E-state index contributed by atoms with van der Waals surface area (Å²) < 4.78 is 158. The van der Waals surface area contributed by atoms with Crippen molar-refractivity contribution in [3.8, 4) is 0 Å². The van der Waals surface area contributed by atoms with E-state index in [0.717, 1.165) is 44.3 Å². The highest BCUT2D eigenvalue weighted by atomic mass is 19.4. The maximum absolute atomic E-state index is 13.2. The second kappa shape index (κ2) is 28.1. The number of hydrogen-bond donors (Lipinski definition) is 3. The molecule has 3 N–H and O–H groups in total. The molecule has 2 amide bonds. The van der Waals surface area contributed by atoms with Crippen molar-refractivity contribution in [2.75, 3.05) is 7.05 Å². The maximum atomic E-state index is 13.2. The van der Waals surface area contributed by atoms with E-state index in [9.17, 15) is 81.5 Å². The number of rotatable bonds is 20. The average Bonchev–Trinajstić information content (AvgIpc) is 3.46. The maximum Gasteiger partial charge on any atom is 0.416 e. The number of carbonyl (C=O) groups excluding carboxylic acids is 6. The van der Waals surface area contributed by atoms with Crippen molar-refractivity contribution in [1.29, 1.82) is 0 Å². The minimum atomic E-state index is -4.98. The van der Waals surface area contributed by atoms with Gasteiger partial charge in [0.05, 0.1) is 22.3 Å². The average molecular weight is 1130 g/mol. The van der Waals surface area contributed by atoms with Crippen molar-refractivity contribution < 1.29 is 86.7 Å². The first-order valence-electron chi connectivity index (χ1n) is 25.5. The molecule has 6 rings (SSSR count). The minimum Gasteiger partial charge on any atom is -0.359 e. The van der Waals surface area contributed by atoms with Crippen LogP contribution in [0.25, 0.3) is 24.3 Å². The van der Waals surface area contributed by atoms with Crippen molar-refractivity contribution >= 4 is 59.3 Å². The number of ketones is 4. The van der Waals surface area contributed by atoms with Crippen LogP contribution in [-0.4, -0.2) is 47.2 Å². The standard InChI is InChI=1S/C30H29F6NO3.C29H27F6NO4/c1-37-27(39)7-5-3-2-4-6-25(38)12-8-19-9-13-26-21(14-19)10-11-22(28(26)40)15-20-16-23(29(31,32)33)18-24(17-20)30(34,35)36;30-28(31,32)22-15-19(16-23(17-22)29(33,34)35)14-21-10-9-20-13-18(8-12-25(20)27(21)39)7-11-24(37)5-3-1-2-4-6-26(38)36-40/h8-9,12-18H,2-7,10-11H2,1H3,(H,37,39);7-8,11-17,40H,1-6,9-10H2,(H,36,38)/b12-8+,22-15+;11-7+,21-14+. The number of hydroxylamine groups is 1. The summed E-state index contributed by atoms with van der Waals surface area (Å²) in [6, 6.07) is 12.3. The van der Waals surface area contributed by atoms with E-state index in [-0.39, 0.29) is 71.1 Å². The van der Waals surface area contributed by atoms with E-state index < -0.39 is 64.4 Å². The quantitative estimate of drug-likeness (QED) is 0.0262. The lowest BCUT2D eigenvalue weighted by Gasteiger charge is -2.19. The molecule has 0 fully saturated rings. The van der Waals surface area contributed by atoms with E-state index in [1.807, 2.05) is 0 Å². The number of amides is 2. The Balaban J connectivity index is 0.000000294. The van der Waals surface area contributed by atoms with Crippen LogP contribution in [0, 0.1) is 0 Å². The minimum absolute atomic E-state index is 0.00625. The SMILES string of the molecule is CNC(=O)CCCCCCC(=O)/C=C/c1ccc2c(c1)CC/C(=C\c1cc(C(F)(F)F)cc(C(F)(F)F)c1)C2=O.O=C(/C=C/c1ccc2c(c1)CC/C(=C\c1cc(C(F)(F)F)cc(C(F)(F)F)c1)C2=O)CCCCCCC(=O)NO. The third-order valence-corrected chi connectivity index (χ3v) is 13.0. The molecule has 80 heavy (non-hydrogen) atoms. The zero-order chi connectivity index (χ0) is 59.0. The number of halogens is 12. The number of nitrogens with one attached hydrogen (secondary N) is 2. The van der Waals surface area contributed by atoms with Gasteiger partial charge in [-0.15, -0.1) is 0 Å². The summed E-state index contributed by atoms with van der Waals surface area (Å²) in [5.74, 6) is -1.54. The monoisotopic (exact) mass is 1130 g/mol. The van der Waals surface area contributed by atoms with Crippen LogP contribution < -0.4 is 10.8 Å². The number of fused-ring (bicyclic) bond motifs is 2. The van der Waals surface area contributed by atoms with Crippen LogP contribution in [0.15, 0.2) is 96.1 Å². The van der Waals surface area contributed by atoms with Crippen LogP contribution in [-0.2, 0) is 56.7 Å². The number of unbranched alkanes of at least 4 members (excludes halogenated alkanes) is 6. The molecule has 2 aliphatic rings. The van der Waals surface area contributed by atoms with E-state index in [4.69, 9.17) is 5.21 Å². The van der Waals surface area contributed by atoms with Crippen LogP contribution in [0.4, 0.5) is 52.7 Å². The summed E-state index contributed by atoms with van der Waals surface area (Å²) >= 11 is 0. The molecule has 0 saturated carbocycles. The van der Waals surface area contributed by atoms with Crippen LogP contribution >= 0.6 is 0 Å². The molecule has 0 spiro atoms. The molecule has 21 heteroatoms. The summed E-state index contributed by atoms with van der Waals surface area (Å²) in [4.78, 5) is 72.4. The van der Waals surface area contributed by atoms with E-state index in [2.05, 4.69) is 5.32 Å². The molecule has 0 aromatic heterocycles. The number of carbonyl (C=O) groups is 6. The van der Waals surface area contributed by atoms with Gasteiger partial charge >= 0.3 is 24.7 Å². The summed E-state index contributed by atoms with van der Waals surface area (Å²) in [7, 11) is 1.59. The third kappa shape index (κ3) is 19.4. The molecule has 0 aliphatic heterocycles. The fourth-order valence-electron chi connectivity index (χ4n) is 8.81. The Morgan fingerprint density at radius 3 is 1.11 bits per heavy atom. The molecular weight excluding hydrogens is 1080 g/mol. The van der Waals surface area contributed by atoms with Gasteiger partial charge in [-0.3, -0.25) is 34.0 Å². The molecule has 0 radical (unpaired) electrons. The van der Waals surface area contributed by atoms with Gasteiger partial charge < -0.3 is 5.32 Å². The molecule has 0 saturated heterocycles. The lowest BCUT2D eigenvalue weighted by Crippen LogP contribution is -2.17. The lowest BCUT2D eigenvalue weighted by molar-refractivity contribution is -0.144. The Morgan fingerprint density at radius 2 is 0.787 bits per heavy atom. The van der Waals surface area contributed by atoms with Crippen molar-refractivity contribution in [2.24, 2.45) is 0 Å². The van der Waals surface area contributed by atoms with E-state index in [1.54, 1.807) is 55.0 Å². The normalized spacial score (nSPS) is 15.0. The summed E-state index contributed by atoms with van der Waals surface area (Å²) in [5, 5.41) is 11.0. The van der Waals surface area contributed by atoms with Crippen molar-refractivity contribution in [1.82, 2.24) is 10.8 Å². The predicted molar refractivity (Wildman–Crippen MR) is 275 cm³/mol. The zero-order valence-electron chi connectivity index (χ0n) is 43.1. The number of aryl methyl sites for hydroxylation is 2. The second-order valence-electron chi connectivity index (χ2n) is 19.1. The van der Waals surface area contributed by atoms with Crippen molar-refractivity contribution in [2.45, 2.75) is 127 Å². The van der Waals surface area contributed by atoms with E-state index >= 15 is 0 Å². The number of benzene rings is 4. The number of allylic oxidation sites excluding steroid dienone is 4. The smallest absolute Gasteiger partial charge is 0.359 e. The molecule has 2 aliphatic carbocycles. The first-order chi connectivity index (χ1) is 37.5. The second-order valence-corrected chi connectivity index (χ2v) is 19.1. The summed E-state index contributed by atoms with van der Waals surface area (Å²) in [6.45, 7) is 0. The van der Waals surface area contributed by atoms with Gasteiger partial charge in [-0.1, -0.05) is 74.2 Å².